The highest BCUT2D eigenvalue weighted by Gasteiger charge is 2.34. The van der Waals surface area contributed by atoms with E-state index in [2.05, 4.69) is 10.2 Å². The van der Waals surface area contributed by atoms with Crippen molar-refractivity contribution < 1.29 is 13.2 Å². The number of hydrogen-bond acceptors (Lipinski definition) is 4. The van der Waals surface area contributed by atoms with E-state index in [1.807, 2.05) is 11.8 Å². The molecule has 0 saturated heterocycles. The zero-order chi connectivity index (χ0) is 15.5. The van der Waals surface area contributed by atoms with Gasteiger partial charge >= 0.3 is 6.18 Å². The van der Waals surface area contributed by atoms with Gasteiger partial charge in [0.05, 0.1) is 0 Å². The van der Waals surface area contributed by atoms with E-state index in [1.54, 1.807) is 0 Å². The Morgan fingerprint density at radius 1 is 1.24 bits per heavy atom. The lowest BCUT2D eigenvalue weighted by atomic mass is 9.83. The fraction of sp³-hybridized carbons (Fsp3) is 0.714. The van der Waals surface area contributed by atoms with Crippen LogP contribution in [0.15, 0.2) is 12.1 Å². The van der Waals surface area contributed by atoms with Crippen LogP contribution in [0.25, 0.3) is 0 Å². The molecule has 1 heterocycles. The van der Waals surface area contributed by atoms with Crippen molar-refractivity contribution in [3.8, 4) is 0 Å². The zero-order valence-electron chi connectivity index (χ0n) is 12.1. The average molecular weight is 302 g/mol. The second-order valence-corrected chi connectivity index (χ2v) is 5.41. The van der Waals surface area contributed by atoms with Gasteiger partial charge in [-0.05, 0) is 44.4 Å². The quantitative estimate of drug-likeness (QED) is 0.929. The zero-order valence-corrected chi connectivity index (χ0v) is 12.1. The normalized spacial score (nSPS) is 23.1. The van der Waals surface area contributed by atoms with Crippen LogP contribution in [0.3, 0.4) is 0 Å². The lowest BCUT2D eigenvalue weighted by Crippen LogP contribution is -2.45. The van der Waals surface area contributed by atoms with Gasteiger partial charge < -0.3 is 10.6 Å². The number of halogens is 3. The van der Waals surface area contributed by atoms with Crippen LogP contribution in [0.4, 0.5) is 19.0 Å². The molecule has 0 amide bonds. The number of alkyl halides is 3. The van der Waals surface area contributed by atoms with Crippen molar-refractivity contribution in [1.82, 2.24) is 10.2 Å². The number of nitrogens with two attached hydrogens (primary N) is 1. The van der Waals surface area contributed by atoms with Crippen molar-refractivity contribution in [2.24, 2.45) is 11.7 Å². The molecule has 1 saturated carbocycles. The smallest absolute Gasteiger partial charge is 0.352 e. The third kappa shape index (κ3) is 3.64. The predicted octanol–water partition coefficient (Wildman–Crippen LogP) is 2.84. The summed E-state index contributed by atoms with van der Waals surface area (Å²) in [6, 6.07) is 2.63. The molecule has 0 spiro atoms. The van der Waals surface area contributed by atoms with Crippen LogP contribution in [0.5, 0.6) is 0 Å². The highest BCUT2D eigenvalue weighted by atomic mass is 19.4. The molecule has 0 aliphatic heterocycles. The van der Waals surface area contributed by atoms with Crippen molar-refractivity contribution in [2.45, 2.75) is 44.8 Å². The first-order valence-electron chi connectivity index (χ1n) is 7.35. The highest BCUT2D eigenvalue weighted by molar-refractivity contribution is 5.39. The van der Waals surface area contributed by atoms with Crippen LogP contribution in [0.1, 0.15) is 38.3 Å². The fourth-order valence-corrected chi connectivity index (χ4v) is 3.07. The van der Waals surface area contributed by atoms with Crippen LogP contribution in [0.2, 0.25) is 0 Å². The maximum absolute atomic E-state index is 12.5. The Hall–Kier alpha value is -1.37. The Balaban J connectivity index is 2.20. The maximum Gasteiger partial charge on any atom is 0.435 e. The second kappa shape index (κ2) is 6.60. The SMILES string of the molecule is CCN(c1ccc(C(F)(F)F)nn1)C1CCCCC1CN. The van der Waals surface area contributed by atoms with E-state index in [4.69, 9.17) is 5.73 Å². The molecule has 0 radical (unpaired) electrons. The van der Waals surface area contributed by atoms with Gasteiger partial charge in [0.1, 0.15) is 0 Å². The molecule has 0 bridgehead atoms. The van der Waals surface area contributed by atoms with Crippen LogP contribution < -0.4 is 10.6 Å². The van der Waals surface area contributed by atoms with Gasteiger partial charge in [-0.2, -0.15) is 13.2 Å². The Morgan fingerprint density at radius 3 is 2.48 bits per heavy atom. The van der Waals surface area contributed by atoms with Gasteiger partial charge in [-0.25, -0.2) is 0 Å². The summed E-state index contributed by atoms with van der Waals surface area (Å²) in [5, 5.41) is 7.09. The first kappa shape index (κ1) is 16.0. The second-order valence-electron chi connectivity index (χ2n) is 5.41. The average Bonchev–Trinajstić information content (AvgIpc) is 2.48. The molecule has 1 aliphatic carbocycles. The van der Waals surface area contributed by atoms with E-state index in [1.165, 1.54) is 6.07 Å². The van der Waals surface area contributed by atoms with E-state index >= 15 is 0 Å². The molecule has 1 fully saturated rings. The predicted molar refractivity (Wildman–Crippen MR) is 74.9 cm³/mol. The molecule has 2 atom stereocenters. The third-order valence-electron chi connectivity index (χ3n) is 4.15. The molecule has 2 unspecified atom stereocenters. The van der Waals surface area contributed by atoms with E-state index in [-0.39, 0.29) is 6.04 Å². The summed E-state index contributed by atoms with van der Waals surface area (Å²) in [6.45, 7) is 3.25. The molecule has 0 aromatic carbocycles. The molecule has 2 N–H and O–H groups in total. The molecule has 1 aromatic heterocycles. The molecule has 118 valence electrons. The Labute approximate surface area is 122 Å². The molecule has 1 aromatic rings. The molecular formula is C14H21F3N4. The van der Waals surface area contributed by atoms with Crippen molar-refractivity contribution in [3.63, 3.8) is 0 Å². The number of rotatable bonds is 4. The fourth-order valence-electron chi connectivity index (χ4n) is 3.07. The minimum absolute atomic E-state index is 0.236. The standard InChI is InChI=1S/C14H21F3N4/c1-2-21(11-6-4-3-5-10(11)9-18)13-8-7-12(19-20-13)14(15,16)17/h7-8,10-11H,2-6,9,18H2,1H3. The summed E-state index contributed by atoms with van der Waals surface area (Å²) < 4.78 is 37.6. The summed E-state index contributed by atoms with van der Waals surface area (Å²) in [7, 11) is 0. The van der Waals surface area contributed by atoms with Gasteiger partial charge in [0, 0.05) is 12.6 Å². The van der Waals surface area contributed by atoms with Crippen molar-refractivity contribution in [3.05, 3.63) is 17.8 Å². The molecule has 21 heavy (non-hydrogen) atoms. The summed E-state index contributed by atoms with van der Waals surface area (Å²) in [5.41, 5.74) is 4.88. The lowest BCUT2D eigenvalue weighted by Gasteiger charge is -2.39. The molecule has 7 heteroatoms. The van der Waals surface area contributed by atoms with E-state index in [9.17, 15) is 13.2 Å². The van der Waals surface area contributed by atoms with Gasteiger partial charge in [0.25, 0.3) is 0 Å². The van der Waals surface area contributed by atoms with Crippen LogP contribution in [-0.2, 0) is 6.18 Å². The topological polar surface area (TPSA) is 55.0 Å². The van der Waals surface area contributed by atoms with Crippen LogP contribution in [-0.4, -0.2) is 29.3 Å². The first-order valence-corrected chi connectivity index (χ1v) is 7.35. The minimum Gasteiger partial charge on any atom is -0.352 e. The molecule has 2 rings (SSSR count). The summed E-state index contributed by atoms with van der Waals surface area (Å²) >= 11 is 0. The Kier molecular flexibility index (Phi) is 5.03. The van der Waals surface area contributed by atoms with Gasteiger partial charge in [0.2, 0.25) is 0 Å². The van der Waals surface area contributed by atoms with E-state index < -0.39 is 11.9 Å². The largest absolute Gasteiger partial charge is 0.435 e. The minimum atomic E-state index is -4.45. The lowest BCUT2D eigenvalue weighted by molar-refractivity contribution is -0.141. The monoisotopic (exact) mass is 302 g/mol. The summed E-state index contributed by atoms with van der Waals surface area (Å²) in [4.78, 5) is 2.03. The first-order chi connectivity index (χ1) is 9.97. The Morgan fingerprint density at radius 2 is 1.95 bits per heavy atom. The van der Waals surface area contributed by atoms with Gasteiger partial charge in [-0.1, -0.05) is 12.8 Å². The molecular weight excluding hydrogens is 281 g/mol. The number of hydrogen-bond donors (Lipinski definition) is 1. The van der Waals surface area contributed by atoms with E-state index in [0.29, 0.717) is 24.8 Å². The molecule has 4 nitrogen and oxygen atoms in total. The number of nitrogens with zero attached hydrogens (tertiary/aromatic N) is 3. The highest BCUT2D eigenvalue weighted by Crippen LogP contribution is 2.31. The van der Waals surface area contributed by atoms with Crippen molar-refractivity contribution in [2.75, 3.05) is 18.0 Å². The van der Waals surface area contributed by atoms with Crippen molar-refractivity contribution >= 4 is 5.82 Å². The van der Waals surface area contributed by atoms with Crippen molar-refractivity contribution in [1.29, 1.82) is 0 Å². The number of anilines is 1. The van der Waals surface area contributed by atoms with Gasteiger partial charge in [-0.3, -0.25) is 0 Å². The maximum atomic E-state index is 12.5. The van der Waals surface area contributed by atoms with E-state index in [0.717, 1.165) is 31.7 Å². The summed E-state index contributed by atoms with van der Waals surface area (Å²) in [6.07, 6.45) is -0.113. The third-order valence-corrected chi connectivity index (χ3v) is 4.15. The van der Waals surface area contributed by atoms with Crippen LogP contribution >= 0.6 is 0 Å². The van der Waals surface area contributed by atoms with Gasteiger partial charge in [-0.15, -0.1) is 10.2 Å². The summed E-state index contributed by atoms with van der Waals surface area (Å²) in [5.74, 6) is 0.860. The van der Waals surface area contributed by atoms with Gasteiger partial charge in [0.15, 0.2) is 11.5 Å². The van der Waals surface area contributed by atoms with Crippen LogP contribution in [0, 0.1) is 5.92 Å². The Bertz CT molecular complexity index is 447. The molecule has 1 aliphatic rings. The number of aromatic nitrogens is 2.